The first-order chi connectivity index (χ1) is 9.50. The van der Waals surface area contributed by atoms with E-state index in [9.17, 15) is 14.7 Å². The maximum atomic E-state index is 12.8. The van der Waals surface area contributed by atoms with Gasteiger partial charge in [-0.15, -0.1) is 0 Å². The van der Waals surface area contributed by atoms with Gasteiger partial charge in [-0.2, -0.15) is 0 Å². The quantitative estimate of drug-likeness (QED) is 0.843. The molecule has 1 aliphatic heterocycles. The summed E-state index contributed by atoms with van der Waals surface area (Å²) < 4.78 is 0. The van der Waals surface area contributed by atoms with Crippen LogP contribution in [0.4, 0.5) is 4.79 Å². The zero-order valence-electron chi connectivity index (χ0n) is 12.6. The molecular weight excluding hydrogens is 256 g/mol. The van der Waals surface area contributed by atoms with Crippen LogP contribution in [0, 0.1) is 0 Å². The predicted octanol–water partition coefficient (Wildman–Crippen LogP) is 2.70. The fourth-order valence-corrected chi connectivity index (χ4v) is 2.95. The molecule has 1 atom stereocenters. The number of likely N-dealkylation sites (tertiary alicyclic amines) is 1. The molecule has 1 N–H and O–H groups in total. The van der Waals surface area contributed by atoms with E-state index in [1.807, 2.05) is 4.90 Å². The molecular formula is C15H26N2O3. The standard InChI is InChI=1S/C15H26N2O3/c1-3-4-10-16(12-7-8-12)14(20)17-11-6-5-9-15(17,2)13(18)19/h12H,3-11H2,1-2H3,(H,18,19). The lowest BCUT2D eigenvalue weighted by atomic mass is 9.89. The van der Waals surface area contributed by atoms with Crippen LogP contribution in [-0.2, 0) is 4.79 Å². The molecule has 0 spiro atoms. The minimum Gasteiger partial charge on any atom is -0.480 e. The number of aliphatic carboxylic acids is 1. The van der Waals surface area contributed by atoms with E-state index < -0.39 is 11.5 Å². The van der Waals surface area contributed by atoms with Gasteiger partial charge in [0, 0.05) is 19.1 Å². The van der Waals surface area contributed by atoms with Gasteiger partial charge in [0.25, 0.3) is 0 Å². The largest absolute Gasteiger partial charge is 0.480 e. The van der Waals surface area contributed by atoms with Crippen molar-refractivity contribution in [2.45, 2.75) is 70.4 Å². The average molecular weight is 282 g/mol. The molecule has 2 fully saturated rings. The zero-order valence-corrected chi connectivity index (χ0v) is 12.6. The van der Waals surface area contributed by atoms with Crippen LogP contribution < -0.4 is 0 Å². The molecule has 0 aromatic carbocycles. The molecule has 0 aromatic rings. The van der Waals surface area contributed by atoms with Gasteiger partial charge in [0.2, 0.25) is 0 Å². The number of unbranched alkanes of at least 4 members (excludes halogenated alkanes) is 1. The number of amides is 2. The van der Waals surface area contributed by atoms with E-state index in [2.05, 4.69) is 6.92 Å². The summed E-state index contributed by atoms with van der Waals surface area (Å²) in [7, 11) is 0. The second kappa shape index (κ2) is 6.02. The third kappa shape index (κ3) is 2.91. The Morgan fingerprint density at radius 3 is 2.60 bits per heavy atom. The summed E-state index contributed by atoms with van der Waals surface area (Å²) in [6.45, 7) is 5.12. The highest BCUT2D eigenvalue weighted by molar-refractivity contribution is 5.86. The SMILES string of the molecule is CCCCN(C(=O)N1CCCCC1(C)C(=O)O)C1CC1. The number of carbonyl (C=O) groups excluding carboxylic acids is 1. The van der Waals surface area contributed by atoms with Crippen molar-refractivity contribution in [3.05, 3.63) is 0 Å². The van der Waals surface area contributed by atoms with Crippen LogP contribution in [0.25, 0.3) is 0 Å². The maximum absolute atomic E-state index is 12.8. The molecule has 0 bridgehead atoms. The lowest BCUT2D eigenvalue weighted by Gasteiger charge is -2.44. The van der Waals surface area contributed by atoms with Gasteiger partial charge in [-0.25, -0.2) is 9.59 Å². The summed E-state index contributed by atoms with van der Waals surface area (Å²) in [5.74, 6) is -0.878. The average Bonchev–Trinajstić information content (AvgIpc) is 3.24. The summed E-state index contributed by atoms with van der Waals surface area (Å²) in [6, 6.07) is 0.277. The van der Waals surface area contributed by atoms with E-state index in [4.69, 9.17) is 0 Å². The Morgan fingerprint density at radius 1 is 1.35 bits per heavy atom. The fraction of sp³-hybridized carbons (Fsp3) is 0.867. The number of carboxylic acid groups (broad SMARTS) is 1. The lowest BCUT2D eigenvalue weighted by Crippen LogP contribution is -2.61. The first kappa shape index (κ1) is 15.1. The Balaban J connectivity index is 2.13. The topological polar surface area (TPSA) is 60.9 Å². The fourth-order valence-electron chi connectivity index (χ4n) is 2.95. The number of hydrogen-bond donors (Lipinski definition) is 1. The second-order valence-corrected chi connectivity index (χ2v) is 6.25. The minimum atomic E-state index is -1.03. The summed E-state index contributed by atoms with van der Waals surface area (Å²) in [5.41, 5.74) is -1.03. The number of piperidine rings is 1. The van der Waals surface area contributed by atoms with Gasteiger partial charge in [0.1, 0.15) is 5.54 Å². The van der Waals surface area contributed by atoms with Crippen molar-refractivity contribution in [3.63, 3.8) is 0 Å². The highest BCUT2D eigenvalue weighted by Gasteiger charge is 2.46. The Morgan fingerprint density at radius 2 is 2.05 bits per heavy atom. The van der Waals surface area contributed by atoms with Crippen molar-refractivity contribution in [3.8, 4) is 0 Å². The van der Waals surface area contributed by atoms with Crippen molar-refractivity contribution >= 4 is 12.0 Å². The molecule has 114 valence electrons. The smallest absolute Gasteiger partial charge is 0.329 e. The van der Waals surface area contributed by atoms with Crippen LogP contribution in [0.5, 0.6) is 0 Å². The molecule has 20 heavy (non-hydrogen) atoms. The Hall–Kier alpha value is -1.26. The molecule has 1 heterocycles. The molecule has 1 unspecified atom stereocenters. The molecule has 2 amide bonds. The van der Waals surface area contributed by atoms with Crippen LogP contribution in [0.3, 0.4) is 0 Å². The monoisotopic (exact) mass is 282 g/mol. The molecule has 5 heteroatoms. The lowest BCUT2D eigenvalue weighted by molar-refractivity contribution is -0.150. The molecule has 0 aromatic heterocycles. The van der Waals surface area contributed by atoms with E-state index in [1.54, 1.807) is 11.8 Å². The summed E-state index contributed by atoms with van der Waals surface area (Å²) in [6.07, 6.45) is 6.50. The molecule has 1 saturated carbocycles. The first-order valence-corrected chi connectivity index (χ1v) is 7.82. The zero-order chi connectivity index (χ0) is 14.8. The maximum Gasteiger partial charge on any atom is 0.329 e. The van der Waals surface area contributed by atoms with Crippen LogP contribution in [-0.4, -0.2) is 51.6 Å². The van der Waals surface area contributed by atoms with Gasteiger partial charge in [-0.1, -0.05) is 13.3 Å². The number of rotatable bonds is 5. The third-order valence-corrected chi connectivity index (χ3v) is 4.57. The second-order valence-electron chi connectivity index (χ2n) is 6.25. The van der Waals surface area contributed by atoms with Crippen molar-refractivity contribution in [1.29, 1.82) is 0 Å². The van der Waals surface area contributed by atoms with Crippen LogP contribution >= 0.6 is 0 Å². The Labute approximate surface area is 120 Å². The first-order valence-electron chi connectivity index (χ1n) is 7.82. The number of carboxylic acids is 1. The molecule has 2 rings (SSSR count). The molecule has 1 saturated heterocycles. The normalized spacial score (nSPS) is 26.4. The van der Waals surface area contributed by atoms with Gasteiger partial charge in [0.05, 0.1) is 0 Å². The van der Waals surface area contributed by atoms with E-state index in [-0.39, 0.29) is 6.03 Å². The van der Waals surface area contributed by atoms with E-state index >= 15 is 0 Å². The number of hydrogen-bond acceptors (Lipinski definition) is 2. The number of nitrogens with zero attached hydrogens (tertiary/aromatic N) is 2. The minimum absolute atomic E-state index is 0.0643. The van der Waals surface area contributed by atoms with Crippen molar-refractivity contribution in [1.82, 2.24) is 9.80 Å². The van der Waals surface area contributed by atoms with Crippen molar-refractivity contribution in [2.75, 3.05) is 13.1 Å². The van der Waals surface area contributed by atoms with Crippen molar-refractivity contribution < 1.29 is 14.7 Å². The summed E-state index contributed by atoms with van der Waals surface area (Å²) in [5, 5.41) is 9.52. The number of urea groups is 1. The van der Waals surface area contributed by atoms with E-state index in [1.165, 1.54) is 0 Å². The third-order valence-electron chi connectivity index (χ3n) is 4.57. The van der Waals surface area contributed by atoms with E-state index in [0.717, 1.165) is 45.1 Å². The van der Waals surface area contributed by atoms with E-state index in [0.29, 0.717) is 19.0 Å². The van der Waals surface area contributed by atoms with Gasteiger partial charge in [0.15, 0.2) is 0 Å². The van der Waals surface area contributed by atoms with Gasteiger partial charge in [-0.05, 0) is 45.4 Å². The summed E-state index contributed by atoms with van der Waals surface area (Å²) >= 11 is 0. The molecule has 0 radical (unpaired) electrons. The molecule has 5 nitrogen and oxygen atoms in total. The van der Waals surface area contributed by atoms with Crippen LogP contribution in [0.2, 0.25) is 0 Å². The highest BCUT2D eigenvalue weighted by atomic mass is 16.4. The predicted molar refractivity (Wildman–Crippen MR) is 76.6 cm³/mol. The van der Waals surface area contributed by atoms with Crippen molar-refractivity contribution in [2.24, 2.45) is 0 Å². The van der Waals surface area contributed by atoms with Crippen LogP contribution in [0.15, 0.2) is 0 Å². The Bertz CT molecular complexity index is 381. The Kier molecular flexibility index (Phi) is 4.55. The van der Waals surface area contributed by atoms with Crippen LogP contribution in [0.1, 0.15) is 58.8 Å². The molecule has 2 aliphatic rings. The molecule has 1 aliphatic carbocycles. The van der Waals surface area contributed by atoms with Gasteiger partial charge < -0.3 is 14.9 Å². The number of carbonyl (C=O) groups is 2. The summed E-state index contributed by atoms with van der Waals surface area (Å²) in [4.78, 5) is 27.9. The van der Waals surface area contributed by atoms with Gasteiger partial charge >= 0.3 is 12.0 Å². The van der Waals surface area contributed by atoms with Gasteiger partial charge in [-0.3, -0.25) is 0 Å². The highest BCUT2D eigenvalue weighted by Crippen LogP contribution is 2.33.